The molecule has 0 aliphatic carbocycles. The molecule has 1 amide bonds. The molecule has 0 spiro atoms. The van der Waals surface area contributed by atoms with Crippen molar-refractivity contribution in [2.75, 3.05) is 20.8 Å². The molecule has 0 aliphatic rings. The first kappa shape index (κ1) is 22.7. The molecular formula is C25H33N3O3. The second-order valence-corrected chi connectivity index (χ2v) is 7.66. The number of aryl methyl sites for hydroxylation is 2. The van der Waals surface area contributed by atoms with Crippen molar-refractivity contribution in [1.29, 1.82) is 0 Å². The summed E-state index contributed by atoms with van der Waals surface area (Å²) in [5.41, 5.74) is 2.88. The highest BCUT2D eigenvalue weighted by Crippen LogP contribution is 2.27. The number of imidazole rings is 1. The number of ether oxygens (including phenoxy) is 2. The Balaban J connectivity index is 1.46. The number of carbonyl (C=O) groups is 1. The van der Waals surface area contributed by atoms with Crippen LogP contribution in [0.25, 0.3) is 11.0 Å². The highest BCUT2D eigenvalue weighted by molar-refractivity contribution is 5.94. The minimum atomic E-state index is -0.0951. The normalized spacial score (nSPS) is 10.9. The van der Waals surface area contributed by atoms with Gasteiger partial charge in [-0.3, -0.25) is 4.79 Å². The Morgan fingerprint density at radius 1 is 1.00 bits per heavy atom. The first-order valence-corrected chi connectivity index (χ1v) is 11.1. The number of aromatic nitrogens is 2. The van der Waals surface area contributed by atoms with E-state index in [1.807, 2.05) is 6.07 Å². The number of nitrogens with zero attached hydrogens (tertiary/aromatic N) is 2. The summed E-state index contributed by atoms with van der Waals surface area (Å²) in [4.78, 5) is 17.2. The maximum atomic E-state index is 12.4. The Kier molecular flexibility index (Phi) is 8.33. The molecule has 3 rings (SSSR count). The van der Waals surface area contributed by atoms with Gasteiger partial charge in [0.25, 0.3) is 5.91 Å². The number of amides is 1. The minimum absolute atomic E-state index is 0.0951. The minimum Gasteiger partial charge on any atom is -0.493 e. The number of benzene rings is 2. The Morgan fingerprint density at radius 3 is 2.58 bits per heavy atom. The third kappa shape index (κ3) is 5.78. The molecule has 0 saturated heterocycles. The van der Waals surface area contributed by atoms with Gasteiger partial charge in [0.2, 0.25) is 0 Å². The largest absolute Gasteiger partial charge is 0.493 e. The van der Waals surface area contributed by atoms with E-state index in [1.54, 1.807) is 32.4 Å². The number of rotatable bonds is 12. The van der Waals surface area contributed by atoms with Crippen LogP contribution in [0, 0.1) is 0 Å². The van der Waals surface area contributed by atoms with Crippen molar-refractivity contribution in [1.82, 2.24) is 14.9 Å². The van der Waals surface area contributed by atoms with Crippen molar-refractivity contribution in [3.63, 3.8) is 0 Å². The number of methoxy groups -OCH3 is 2. The summed E-state index contributed by atoms with van der Waals surface area (Å²) in [6.45, 7) is 3.89. The number of carbonyl (C=O) groups excluding carboxylic acids is 1. The predicted molar refractivity (Wildman–Crippen MR) is 124 cm³/mol. The van der Waals surface area contributed by atoms with Gasteiger partial charge in [0.1, 0.15) is 5.82 Å². The first-order valence-electron chi connectivity index (χ1n) is 11.1. The van der Waals surface area contributed by atoms with Crippen LogP contribution in [0.4, 0.5) is 0 Å². The van der Waals surface area contributed by atoms with Crippen LogP contribution in [-0.2, 0) is 13.0 Å². The summed E-state index contributed by atoms with van der Waals surface area (Å²) in [5, 5.41) is 2.99. The lowest BCUT2D eigenvalue weighted by molar-refractivity contribution is 0.0952. The molecule has 0 radical (unpaired) electrons. The molecule has 3 aromatic rings. The second-order valence-electron chi connectivity index (χ2n) is 7.66. The fraction of sp³-hybridized carbons (Fsp3) is 0.440. The summed E-state index contributed by atoms with van der Waals surface area (Å²) >= 11 is 0. The summed E-state index contributed by atoms with van der Waals surface area (Å²) in [5.74, 6) is 2.25. The fourth-order valence-electron chi connectivity index (χ4n) is 3.75. The van der Waals surface area contributed by atoms with Gasteiger partial charge in [0.05, 0.1) is 25.3 Å². The maximum absolute atomic E-state index is 12.4. The van der Waals surface area contributed by atoms with Gasteiger partial charge in [0.15, 0.2) is 11.5 Å². The van der Waals surface area contributed by atoms with Crippen LogP contribution >= 0.6 is 0 Å². The number of nitrogens with one attached hydrogen (secondary N) is 1. The van der Waals surface area contributed by atoms with Crippen molar-refractivity contribution >= 4 is 16.9 Å². The fourth-order valence-corrected chi connectivity index (χ4v) is 3.75. The number of unbranched alkanes of at least 4 members (excludes halogenated alkanes) is 3. The van der Waals surface area contributed by atoms with E-state index < -0.39 is 0 Å². The van der Waals surface area contributed by atoms with Crippen LogP contribution in [0.5, 0.6) is 11.5 Å². The molecule has 1 N–H and O–H groups in total. The molecule has 1 aromatic heterocycles. The van der Waals surface area contributed by atoms with Crippen molar-refractivity contribution in [2.24, 2.45) is 0 Å². The quantitative estimate of drug-likeness (QED) is 0.417. The number of hydrogen-bond acceptors (Lipinski definition) is 4. The molecule has 0 fully saturated rings. The highest BCUT2D eigenvalue weighted by atomic mass is 16.5. The third-order valence-electron chi connectivity index (χ3n) is 5.48. The van der Waals surface area contributed by atoms with Crippen molar-refractivity contribution < 1.29 is 14.3 Å². The third-order valence-corrected chi connectivity index (χ3v) is 5.48. The molecule has 6 heteroatoms. The Labute approximate surface area is 184 Å². The zero-order valence-corrected chi connectivity index (χ0v) is 18.8. The van der Waals surface area contributed by atoms with E-state index in [0.717, 1.165) is 44.2 Å². The average Bonchev–Trinajstić information content (AvgIpc) is 3.16. The van der Waals surface area contributed by atoms with Gasteiger partial charge < -0.3 is 19.4 Å². The van der Waals surface area contributed by atoms with E-state index in [4.69, 9.17) is 14.5 Å². The first-order chi connectivity index (χ1) is 15.2. The Bertz CT molecular complexity index is 997. The van der Waals surface area contributed by atoms with E-state index in [1.165, 1.54) is 17.8 Å². The smallest absolute Gasteiger partial charge is 0.251 e. The zero-order valence-electron chi connectivity index (χ0n) is 18.8. The molecule has 2 aromatic carbocycles. The van der Waals surface area contributed by atoms with Crippen LogP contribution in [-0.4, -0.2) is 36.2 Å². The summed E-state index contributed by atoms with van der Waals surface area (Å²) in [6.07, 6.45) is 6.34. The van der Waals surface area contributed by atoms with Gasteiger partial charge >= 0.3 is 0 Å². The van der Waals surface area contributed by atoms with Crippen molar-refractivity contribution in [3.05, 3.63) is 53.9 Å². The Morgan fingerprint density at radius 2 is 1.81 bits per heavy atom. The molecule has 0 atom stereocenters. The van der Waals surface area contributed by atoms with E-state index in [2.05, 4.69) is 35.0 Å². The molecular weight excluding hydrogens is 390 g/mol. The SMILES string of the molecule is CCCCn1c(CCCCCNC(=O)c2ccc(OC)c(OC)c2)nc2ccccc21. The zero-order chi connectivity index (χ0) is 22.1. The second kappa shape index (κ2) is 11.4. The van der Waals surface area contributed by atoms with Gasteiger partial charge in [-0.05, 0) is 49.6 Å². The number of para-hydroxylation sites is 2. The van der Waals surface area contributed by atoms with Crippen LogP contribution in [0.15, 0.2) is 42.5 Å². The monoisotopic (exact) mass is 423 g/mol. The standard InChI is InChI=1S/C25H33N3O3/c1-4-5-17-28-21-12-9-8-11-20(21)27-24(28)13-7-6-10-16-26-25(29)19-14-15-22(30-2)23(18-19)31-3/h8-9,11-12,14-15,18H,4-7,10,13,16-17H2,1-3H3,(H,26,29). The molecule has 0 bridgehead atoms. The van der Waals surface area contributed by atoms with Crippen LogP contribution in [0.3, 0.4) is 0 Å². The van der Waals surface area contributed by atoms with Crippen LogP contribution in [0.2, 0.25) is 0 Å². The molecule has 0 unspecified atom stereocenters. The molecule has 166 valence electrons. The van der Waals surface area contributed by atoms with Gasteiger partial charge in [-0.1, -0.05) is 31.9 Å². The van der Waals surface area contributed by atoms with Crippen molar-refractivity contribution in [3.8, 4) is 11.5 Å². The number of fused-ring (bicyclic) bond motifs is 1. The van der Waals surface area contributed by atoms with Crippen LogP contribution < -0.4 is 14.8 Å². The van der Waals surface area contributed by atoms with Gasteiger partial charge in [-0.25, -0.2) is 4.98 Å². The van der Waals surface area contributed by atoms with Gasteiger partial charge in [-0.15, -0.1) is 0 Å². The molecule has 31 heavy (non-hydrogen) atoms. The molecule has 1 heterocycles. The van der Waals surface area contributed by atoms with E-state index in [-0.39, 0.29) is 5.91 Å². The lowest BCUT2D eigenvalue weighted by Crippen LogP contribution is -2.24. The molecule has 0 saturated carbocycles. The predicted octanol–water partition coefficient (Wildman–Crippen LogP) is 5.00. The topological polar surface area (TPSA) is 65.4 Å². The van der Waals surface area contributed by atoms with Gasteiger partial charge in [0, 0.05) is 25.1 Å². The molecule has 6 nitrogen and oxygen atoms in total. The summed E-state index contributed by atoms with van der Waals surface area (Å²) < 4.78 is 12.9. The van der Waals surface area contributed by atoms with E-state index in [0.29, 0.717) is 23.6 Å². The lowest BCUT2D eigenvalue weighted by Gasteiger charge is -2.10. The van der Waals surface area contributed by atoms with E-state index >= 15 is 0 Å². The Hall–Kier alpha value is -3.02. The summed E-state index contributed by atoms with van der Waals surface area (Å²) in [7, 11) is 3.15. The number of hydrogen-bond donors (Lipinski definition) is 1. The van der Waals surface area contributed by atoms with Crippen molar-refractivity contribution in [2.45, 2.75) is 52.0 Å². The van der Waals surface area contributed by atoms with Crippen LogP contribution in [0.1, 0.15) is 55.2 Å². The average molecular weight is 424 g/mol. The van der Waals surface area contributed by atoms with Gasteiger partial charge in [-0.2, -0.15) is 0 Å². The lowest BCUT2D eigenvalue weighted by atomic mass is 10.1. The summed E-state index contributed by atoms with van der Waals surface area (Å²) in [6, 6.07) is 13.6. The van der Waals surface area contributed by atoms with E-state index in [9.17, 15) is 4.79 Å². The highest BCUT2D eigenvalue weighted by Gasteiger charge is 2.11. The maximum Gasteiger partial charge on any atom is 0.251 e. The molecule has 0 aliphatic heterocycles.